The first-order valence-corrected chi connectivity index (χ1v) is 12.8. The van der Waals surface area contributed by atoms with Crippen molar-refractivity contribution in [3.8, 4) is 22.5 Å². The van der Waals surface area contributed by atoms with Crippen LogP contribution in [0.4, 0.5) is 8.78 Å². The quantitative estimate of drug-likeness (QED) is 0.245. The number of hydrogen-bond donors (Lipinski definition) is 2. The van der Waals surface area contributed by atoms with Crippen molar-refractivity contribution < 1.29 is 37.2 Å². The van der Waals surface area contributed by atoms with E-state index in [1.165, 1.54) is 38.5 Å². The molecule has 1 aliphatic rings. The third kappa shape index (κ3) is 6.26. The molecule has 0 saturated carbocycles. The molecule has 1 fully saturated rings. The number of halogens is 2. The maximum Gasteiger partial charge on any atom is 0.512 e. The molecule has 1 saturated heterocycles. The molecule has 11 heteroatoms. The van der Waals surface area contributed by atoms with E-state index in [2.05, 4.69) is 19.4 Å². The summed E-state index contributed by atoms with van der Waals surface area (Å²) < 4.78 is 48.7. The van der Waals surface area contributed by atoms with Crippen LogP contribution in [-0.4, -0.2) is 54.4 Å². The van der Waals surface area contributed by atoms with Gasteiger partial charge in [-0.3, -0.25) is 0 Å². The molecule has 8 nitrogen and oxygen atoms in total. The Labute approximate surface area is 237 Å². The topological polar surface area (TPSA) is 103 Å². The van der Waals surface area contributed by atoms with Crippen LogP contribution in [0.1, 0.15) is 48.4 Å². The number of H-pyrrole nitrogens is 2. The van der Waals surface area contributed by atoms with E-state index in [1.54, 1.807) is 18.3 Å². The van der Waals surface area contributed by atoms with Gasteiger partial charge in [0.15, 0.2) is 0 Å². The Hall–Kier alpha value is -4.22. The summed E-state index contributed by atoms with van der Waals surface area (Å²) in [6.07, 6.45) is 1.75. The van der Waals surface area contributed by atoms with Crippen LogP contribution >= 0.6 is 0 Å². The third-order valence-electron chi connectivity index (χ3n) is 7.18. The number of carbonyl (C=O) groups is 2. The number of aromatic amines is 2. The maximum atomic E-state index is 14.1. The number of ether oxygens (including phenoxy) is 2. The highest BCUT2D eigenvalue weighted by Crippen LogP contribution is 2.36. The zero-order valence-corrected chi connectivity index (χ0v) is 23.6. The number of carbonyl (C=O) groups excluding carboxylic acids is 2. The molecule has 4 aromatic rings. The maximum absolute atomic E-state index is 14.1. The van der Waals surface area contributed by atoms with E-state index in [0.29, 0.717) is 16.8 Å². The van der Waals surface area contributed by atoms with E-state index in [9.17, 15) is 18.4 Å². The van der Waals surface area contributed by atoms with Gasteiger partial charge in [0.2, 0.25) is 0 Å². The molecule has 0 bridgehead atoms. The Bertz CT molecular complexity index is 1530. The Morgan fingerprint density at radius 3 is 1.71 bits per heavy atom. The first kappa shape index (κ1) is 29.8. The van der Waals surface area contributed by atoms with Gasteiger partial charge in [0.05, 0.1) is 36.5 Å². The summed E-state index contributed by atoms with van der Waals surface area (Å²) in [4.78, 5) is 28.8. The van der Waals surface area contributed by atoms with Gasteiger partial charge >= 0.3 is 19.1 Å². The van der Waals surface area contributed by atoms with Crippen molar-refractivity contribution in [2.75, 3.05) is 14.2 Å². The van der Waals surface area contributed by atoms with Crippen LogP contribution in [0, 0.1) is 11.6 Å². The van der Waals surface area contributed by atoms with Gasteiger partial charge in [0, 0.05) is 34.3 Å². The van der Waals surface area contributed by atoms with Gasteiger partial charge in [-0.25, -0.2) is 18.4 Å². The molecule has 5 rings (SSSR count). The van der Waals surface area contributed by atoms with E-state index in [1.807, 2.05) is 52.0 Å². The first-order chi connectivity index (χ1) is 19.4. The van der Waals surface area contributed by atoms with Crippen LogP contribution in [0.5, 0.6) is 0 Å². The highest BCUT2D eigenvalue weighted by atomic mass is 19.1. The number of esters is 2. The summed E-state index contributed by atoms with van der Waals surface area (Å²) in [7, 11) is 1.93. The van der Waals surface area contributed by atoms with Gasteiger partial charge < -0.3 is 28.8 Å². The Balaban J connectivity index is 0.000000208. The number of nitrogens with one attached hydrogen (secondary N) is 2. The molecule has 2 aromatic heterocycles. The monoisotopic (exact) mass is 564 g/mol. The lowest BCUT2D eigenvalue weighted by Crippen LogP contribution is -2.41. The predicted octanol–water partition coefficient (Wildman–Crippen LogP) is 5.51. The minimum atomic E-state index is -0.701. The summed E-state index contributed by atoms with van der Waals surface area (Å²) in [5.41, 5.74) is 2.56. The molecule has 0 unspecified atom stereocenters. The summed E-state index contributed by atoms with van der Waals surface area (Å²) in [6, 6.07) is 16.1. The molecule has 3 heterocycles. The van der Waals surface area contributed by atoms with Crippen molar-refractivity contribution in [1.29, 1.82) is 0 Å². The van der Waals surface area contributed by atoms with Crippen molar-refractivity contribution >= 4 is 24.7 Å². The molecule has 2 N–H and O–H groups in total. The number of benzene rings is 2. The summed E-state index contributed by atoms with van der Waals surface area (Å²) in [5.74, 6) is -2.58. The molecule has 0 aliphatic carbocycles. The van der Waals surface area contributed by atoms with Crippen LogP contribution in [-0.2, 0) is 18.8 Å². The van der Waals surface area contributed by atoms with Gasteiger partial charge in [0.1, 0.15) is 11.6 Å². The minimum absolute atomic E-state index is 0.0576. The average Bonchev–Trinajstić information content (AvgIpc) is 3.68. The average molecular weight is 564 g/mol. The second-order valence-corrected chi connectivity index (χ2v) is 10.4. The Kier molecular flexibility index (Phi) is 8.51. The normalized spacial score (nSPS) is 15.2. The first-order valence-electron chi connectivity index (χ1n) is 12.8. The molecule has 0 radical (unpaired) electrons. The Morgan fingerprint density at radius 1 is 0.756 bits per heavy atom. The van der Waals surface area contributed by atoms with Crippen molar-refractivity contribution in [1.82, 2.24) is 9.97 Å². The van der Waals surface area contributed by atoms with Crippen molar-refractivity contribution in [2.24, 2.45) is 0 Å². The van der Waals surface area contributed by atoms with Crippen LogP contribution < -0.4 is 5.59 Å². The van der Waals surface area contributed by atoms with Crippen LogP contribution in [0.3, 0.4) is 0 Å². The van der Waals surface area contributed by atoms with E-state index < -0.39 is 41.9 Å². The SMILES string of the molecule is COC(=O)c1ccc(-c2ccc(B3OC(C)(C)C(C)(C)O3)[nH]2)cc1F.COC(=O)c1ccc(-c2ccc[nH]2)cc1F. The summed E-state index contributed by atoms with van der Waals surface area (Å²) >= 11 is 0. The van der Waals surface area contributed by atoms with Gasteiger partial charge in [-0.1, -0.05) is 12.1 Å². The van der Waals surface area contributed by atoms with Crippen LogP contribution in [0.15, 0.2) is 66.9 Å². The van der Waals surface area contributed by atoms with Crippen molar-refractivity contribution in [3.05, 3.63) is 89.6 Å². The second-order valence-electron chi connectivity index (χ2n) is 10.4. The van der Waals surface area contributed by atoms with Crippen molar-refractivity contribution in [3.63, 3.8) is 0 Å². The fourth-order valence-electron chi connectivity index (χ4n) is 4.11. The lowest BCUT2D eigenvalue weighted by molar-refractivity contribution is 0.00578. The lowest BCUT2D eigenvalue weighted by atomic mass is 9.85. The highest BCUT2D eigenvalue weighted by Gasteiger charge is 2.52. The van der Waals surface area contributed by atoms with Crippen LogP contribution in [0.2, 0.25) is 0 Å². The van der Waals surface area contributed by atoms with E-state index in [4.69, 9.17) is 9.31 Å². The minimum Gasteiger partial charge on any atom is -0.465 e. The number of hydrogen-bond acceptors (Lipinski definition) is 6. The van der Waals surface area contributed by atoms with Gasteiger partial charge in [-0.15, -0.1) is 0 Å². The van der Waals surface area contributed by atoms with Gasteiger partial charge in [0.25, 0.3) is 0 Å². The largest absolute Gasteiger partial charge is 0.512 e. The van der Waals surface area contributed by atoms with Crippen LogP contribution in [0.25, 0.3) is 22.5 Å². The molecular formula is C30H31BF2N2O6. The molecule has 1 aliphatic heterocycles. The number of aromatic nitrogens is 2. The molecule has 2 aromatic carbocycles. The number of rotatable bonds is 5. The standard InChI is InChI=1S/C18H21BFNO4.C12H10FNO2/c1-17(2)18(3,4)25-19(24-17)15-9-8-14(21-15)11-6-7-12(13(20)10-11)16(22)23-5;1-16-12(15)9-5-4-8(7-10(9)13)11-3-2-6-14-11/h6-10,21H,1-5H3;2-7,14H,1H3. The van der Waals surface area contributed by atoms with E-state index >= 15 is 0 Å². The number of methoxy groups -OCH3 is 2. The third-order valence-corrected chi connectivity index (χ3v) is 7.18. The smallest absolute Gasteiger partial charge is 0.465 e. The Morgan fingerprint density at radius 2 is 1.27 bits per heavy atom. The zero-order chi connectivity index (χ0) is 29.9. The van der Waals surface area contributed by atoms with Crippen molar-refractivity contribution in [2.45, 2.75) is 38.9 Å². The lowest BCUT2D eigenvalue weighted by Gasteiger charge is -2.32. The summed E-state index contributed by atoms with van der Waals surface area (Å²) in [6.45, 7) is 7.94. The zero-order valence-electron chi connectivity index (χ0n) is 23.6. The van der Waals surface area contributed by atoms with Gasteiger partial charge in [-0.2, -0.15) is 0 Å². The summed E-state index contributed by atoms with van der Waals surface area (Å²) in [5, 5.41) is 0. The molecule has 214 valence electrons. The molecular weight excluding hydrogens is 533 g/mol. The molecule has 41 heavy (non-hydrogen) atoms. The second kappa shape index (κ2) is 11.7. The predicted molar refractivity (Wildman–Crippen MR) is 151 cm³/mol. The highest BCUT2D eigenvalue weighted by molar-refractivity contribution is 6.61. The fourth-order valence-corrected chi connectivity index (χ4v) is 4.11. The molecule has 0 amide bonds. The molecule has 0 atom stereocenters. The molecule has 0 spiro atoms. The fraction of sp³-hybridized carbons (Fsp3) is 0.267. The van der Waals surface area contributed by atoms with E-state index in [-0.39, 0.29) is 11.1 Å². The van der Waals surface area contributed by atoms with Gasteiger partial charge in [-0.05, 0) is 76.2 Å². The van der Waals surface area contributed by atoms with E-state index in [0.717, 1.165) is 11.3 Å².